The van der Waals surface area contributed by atoms with E-state index in [1.54, 1.807) is 17.5 Å². The highest BCUT2D eigenvalue weighted by molar-refractivity contribution is 7.15. The van der Waals surface area contributed by atoms with E-state index in [4.69, 9.17) is 0 Å². The summed E-state index contributed by atoms with van der Waals surface area (Å²) in [6.45, 7) is 2.11. The number of hydrogen-bond donors (Lipinski definition) is 4. The Morgan fingerprint density at radius 2 is 1.82 bits per heavy atom. The number of rotatable bonds is 5. The fourth-order valence-electron chi connectivity index (χ4n) is 5.68. The lowest BCUT2D eigenvalue weighted by molar-refractivity contribution is -0.120. The summed E-state index contributed by atoms with van der Waals surface area (Å²) in [6, 6.07) is 12.5. The Labute approximate surface area is 230 Å². The molecule has 196 valence electrons. The molecule has 1 amide bonds. The van der Waals surface area contributed by atoms with E-state index in [2.05, 4.69) is 61.2 Å². The summed E-state index contributed by atoms with van der Waals surface area (Å²) in [5, 5.41) is 19.1. The lowest BCUT2D eigenvalue weighted by Crippen LogP contribution is -2.24. The topological polar surface area (TPSA) is 108 Å². The number of hydrogen-bond acceptors (Lipinski definition) is 7. The number of fused-ring (bicyclic) bond motifs is 2. The van der Waals surface area contributed by atoms with Gasteiger partial charge in [-0.3, -0.25) is 19.9 Å². The van der Waals surface area contributed by atoms with Crippen LogP contribution >= 0.6 is 11.3 Å². The van der Waals surface area contributed by atoms with E-state index < -0.39 is 0 Å². The maximum atomic E-state index is 12.8. The SMILES string of the molecule is Cc1ccc(-c2cncc3c2NC(c2[nH]nc4ccc(-c5cncc(NC(=O)C6CCCCC6)c5)cc24)N3)s1. The average molecular weight is 536 g/mol. The molecule has 4 N–H and O–H groups in total. The lowest BCUT2D eigenvalue weighted by atomic mass is 9.88. The molecule has 4 aromatic heterocycles. The normalized spacial score (nSPS) is 17.0. The van der Waals surface area contributed by atoms with Gasteiger partial charge in [-0.2, -0.15) is 5.10 Å². The van der Waals surface area contributed by atoms with Crippen molar-refractivity contribution in [1.29, 1.82) is 0 Å². The summed E-state index contributed by atoms with van der Waals surface area (Å²) in [6.07, 6.45) is 12.6. The average Bonchev–Trinajstić information content (AvgIpc) is 3.71. The van der Waals surface area contributed by atoms with Gasteiger partial charge in [0.2, 0.25) is 5.91 Å². The number of anilines is 3. The number of H-pyrrole nitrogens is 1. The second kappa shape index (κ2) is 9.81. The number of thiophene rings is 1. The molecule has 1 aliphatic heterocycles. The van der Waals surface area contributed by atoms with Gasteiger partial charge in [-0.15, -0.1) is 11.3 Å². The van der Waals surface area contributed by atoms with Crippen molar-refractivity contribution < 1.29 is 4.79 Å². The highest BCUT2D eigenvalue weighted by Crippen LogP contribution is 2.44. The first-order valence-corrected chi connectivity index (χ1v) is 14.3. The van der Waals surface area contributed by atoms with E-state index in [1.807, 2.05) is 36.8 Å². The maximum absolute atomic E-state index is 12.8. The molecule has 0 saturated heterocycles. The predicted octanol–water partition coefficient (Wildman–Crippen LogP) is 7.11. The molecule has 1 aliphatic carbocycles. The number of benzene rings is 1. The number of aryl methyl sites for hydroxylation is 1. The fraction of sp³-hybridized carbons (Fsp3) is 0.267. The van der Waals surface area contributed by atoms with Crippen molar-refractivity contribution in [2.45, 2.75) is 45.2 Å². The number of nitrogens with one attached hydrogen (secondary N) is 4. The Morgan fingerprint density at radius 1 is 0.949 bits per heavy atom. The van der Waals surface area contributed by atoms with Crippen molar-refractivity contribution in [3.63, 3.8) is 0 Å². The van der Waals surface area contributed by atoms with Gasteiger partial charge < -0.3 is 16.0 Å². The van der Waals surface area contributed by atoms with Gasteiger partial charge >= 0.3 is 0 Å². The summed E-state index contributed by atoms with van der Waals surface area (Å²) in [4.78, 5) is 24.1. The van der Waals surface area contributed by atoms with Crippen LogP contribution in [0.25, 0.3) is 32.5 Å². The van der Waals surface area contributed by atoms with Crippen LogP contribution in [0.3, 0.4) is 0 Å². The van der Waals surface area contributed by atoms with Gasteiger partial charge in [0.15, 0.2) is 0 Å². The Kier molecular flexibility index (Phi) is 6.00. The third-order valence-electron chi connectivity index (χ3n) is 7.73. The number of nitrogens with zero attached hydrogens (tertiary/aromatic N) is 3. The van der Waals surface area contributed by atoms with Crippen molar-refractivity contribution in [1.82, 2.24) is 20.2 Å². The second-order valence-corrected chi connectivity index (χ2v) is 11.7. The number of aromatic amines is 1. The zero-order valence-electron chi connectivity index (χ0n) is 21.6. The molecule has 2 aliphatic rings. The molecule has 5 aromatic rings. The zero-order chi connectivity index (χ0) is 26.3. The van der Waals surface area contributed by atoms with Gasteiger partial charge in [0.05, 0.1) is 40.7 Å². The van der Waals surface area contributed by atoms with Gasteiger partial charge in [-0.05, 0) is 55.7 Å². The van der Waals surface area contributed by atoms with Gasteiger partial charge in [0.25, 0.3) is 0 Å². The van der Waals surface area contributed by atoms with Crippen molar-refractivity contribution in [3.05, 3.63) is 71.8 Å². The molecule has 1 aromatic carbocycles. The minimum absolute atomic E-state index is 0.0994. The molecular formula is C30H29N7OS. The number of pyridine rings is 2. The number of carbonyl (C=O) groups is 1. The van der Waals surface area contributed by atoms with Crippen molar-refractivity contribution in [2.24, 2.45) is 5.92 Å². The molecule has 1 saturated carbocycles. The van der Waals surface area contributed by atoms with Crippen molar-refractivity contribution in [2.75, 3.05) is 16.0 Å². The Balaban J connectivity index is 1.16. The molecule has 7 rings (SSSR count). The Morgan fingerprint density at radius 3 is 2.67 bits per heavy atom. The first-order valence-electron chi connectivity index (χ1n) is 13.4. The highest BCUT2D eigenvalue weighted by atomic mass is 32.1. The number of carbonyl (C=O) groups excluding carboxylic acids is 1. The van der Waals surface area contributed by atoms with Crippen LogP contribution in [-0.2, 0) is 4.79 Å². The lowest BCUT2D eigenvalue weighted by Gasteiger charge is -2.20. The van der Waals surface area contributed by atoms with Gasteiger partial charge in [0, 0.05) is 44.6 Å². The second-order valence-electron chi connectivity index (χ2n) is 10.4. The highest BCUT2D eigenvalue weighted by Gasteiger charge is 2.28. The minimum Gasteiger partial charge on any atom is -0.358 e. The third-order valence-corrected chi connectivity index (χ3v) is 8.76. The maximum Gasteiger partial charge on any atom is 0.227 e. The monoisotopic (exact) mass is 535 g/mol. The van der Waals surface area contributed by atoms with Gasteiger partial charge in [-0.25, -0.2) is 0 Å². The summed E-state index contributed by atoms with van der Waals surface area (Å²) < 4.78 is 0. The van der Waals surface area contributed by atoms with Crippen LogP contribution in [0.15, 0.2) is 61.2 Å². The van der Waals surface area contributed by atoms with Crippen molar-refractivity contribution >= 4 is 45.2 Å². The van der Waals surface area contributed by atoms with Crippen molar-refractivity contribution in [3.8, 4) is 21.6 Å². The number of aromatic nitrogens is 4. The first-order chi connectivity index (χ1) is 19.1. The van der Waals surface area contributed by atoms with Crippen LogP contribution in [0.4, 0.5) is 17.1 Å². The molecular weight excluding hydrogens is 506 g/mol. The predicted molar refractivity (Wildman–Crippen MR) is 157 cm³/mol. The van der Waals surface area contributed by atoms with E-state index in [-0.39, 0.29) is 18.0 Å². The largest absolute Gasteiger partial charge is 0.358 e. The standard InChI is InChI=1S/C30H29N7OS/c1-17-7-10-26(39-17)23-15-32-16-25-27(23)35-29(34-25)28-22-12-19(8-9-24(22)36-37-28)20-11-21(14-31-13-20)33-30(38)18-5-3-2-4-6-18/h7-16,18,29,34-35H,2-6H2,1H3,(H,33,38)(H,36,37). The molecule has 5 heterocycles. The fourth-order valence-corrected chi connectivity index (χ4v) is 6.56. The molecule has 1 unspecified atom stereocenters. The van der Waals surface area contributed by atoms with Crippen LogP contribution in [0.1, 0.15) is 48.8 Å². The van der Waals surface area contributed by atoms with Crippen LogP contribution in [0.2, 0.25) is 0 Å². The minimum atomic E-state index is -0.177. The van der Waals surface area contributed by atoms with Crippen LogP contribution in [0.5, 0.6) is 0 Å². The van der Waals surface area contributed by atoms with E-state index in [9.17, 15) is 4.79 Å². The first kappa shape index (κ1) is 23.8. The summed E-state index contributed by atoms with van der Waals surface area (Å²) in [5.41, 5.74) is 7.62. The molecule has 1 atom stereocenters. The van der Waals surface area contributed by atoms with E-state index in [0.29, 0.717) is 0 Å². The smallest absolute Gasteiger partial charge is 0.227 e. The Hall–Kier alpha value is -4.24. The molecule has 0 radical (unpaired) electrons. The van der Waals surface area contributed by atoms with Crippen LogP contribution in [-0.4, -0.2) is 26.1 Å². The third kappa shape index (κ3) is 4.52. The van der Waals surface area contributed by atoms with Crippen LogP contribution in [0, 0.1) is 12.8 Å². The van der Waals surface area contributed by atoms with Gasteiger partial charge in [0.1, 0.15) is 6.17 Å². The summed E-state index contributed by atoms with van der Waals surface area (Å²) in [5.74, 6) is 0.202. The summed E-state index contributed by atoms with van der Waals surface area (Å²) >= 11 is 1.76. The molecule has 39 heavy (non-hydrogen) atoms. The van der Waals surface area contributed by atoms with Gasteiger partial charge in [-0.1, -0.05) is 25.3 Å². The molecule has 8 nitrogen and oxygen atoms in total. The quantitative estimate of drug-likeness (QED) is 0.191. The Bertz CT molecular complexity index is 1680. The number of amides is 1. The molecule has 1 fully saturated rings. The molecule has 0 bridgehead atoms. The van der Waals surface area contributed by atoms with E-state index in [1.165, 1.54) is 16.2 Å². The van der Waals surface area contributed by atoms with Crippen LogP contribution < -0.4 is 16.0 Å². The van der Waals surface area contributed by atoms with E-state index in [0.717, 1.165) is 76.0 Å². The van der Waals surface area contributed by atoms with E-state index >= 15 is 0 Å². The molecule has 9 heteroatoms. The zero-order valence-corrected chi connectivity index (χ0v) is 22.4. The summed E-state index contributed by atoms with van der Waals surface area (Å²) in [7, 11) is 0. The molecule has 0 spiro atoms.